The Morgan fingerprint density at radius 3 is 2.78 bits per heavy atom. The summed E-state index contributed by atoms with van der Waals surface area (Å²) in [5.74, 6) is -0.327. The molecule has 1 saturated heterocycles. The number of carbonyl (C=O) groups excluding carboxylic acids is 1. The Morgan fingerprint density at radius 2 is 2.22 bits per heavy atom. The van der Waals surface area contributed by atoms with Gasteiger partial charge in [-0.1, -0.05) is 0 Å². The van der Waals surface area contributed by atoms with E-state index < -0.39 is 10.0 Å². The van der Waals surface area contributed by atoms with Gasteiger partial charge in [0.25, 0.3) is 0 Å². The van der Waals surface area contributed by atoms with Crippen LogP contribution < -0.4 is 5.32 Å². The van der Waals surface area contributed by atoms with Gasteiger partial charge in [-0.2, -0.15) is 9.57 Å². The molecule has 0 spiro atoms. The summed E-state index contributed by atoms with van der Waals surface area (Å²) in [5.41, 5.74) is 0.144. The van der Waals surface area contributed by atoms with E-state index in [0.717, 1.165) is 10.5 Å². The standard InChI is InChI=1S/C10H10N4O3S/c11-5-8-1-2-9(6-13-8)18(16,17)14-4-3-12-10(15)7-14/h1-2,6H,3-4,7H2,(H,12,15). The fourth-order valence-electron chi connectivity index (χ4n) is 1.57. The number of hydrogen-bond donors (Lipinski definition) is 1. The number of nitrogens with one attached hydrogen (secondary N) is 1. The first-order valence-electron chi connectivity index (χ1n) is 5.17. The van der Waals surface area contributed by atoms with Crippen molar-refractivity contribution in [2.24, 2.45) is 0 Å². The Hall–Kier alpha value is -1.98. The third-order valence-electron chi connectivity index (χ3n) is 2.49. The molecule has 94 valence electrons. The minimum atomic E-state index is -3.72. The highest BCUT2D eigenvalue weighted by Crippen LogP contribution is 2.15. The maximum absolute atomic E-state index is 12.2. The van der Waals surface area contributed by atoms with Crippen molar-refractivity contribution in [1.29, 1.82) is 5.26 Å². The number of aromatic nitrogens is 1. The lowest BCUT2D eigenvalue weighted by atomic mass is 10.4. The van der Waals surface area contributed by atoms with Crippen LogP contribution >= 0.6 is 0 Å². The number of rotatable bonds is 2. The summed E-state index contributed by atoms with van der Waals surface area (Å²) < 4.78 is 25.4. The molecule has 0 radical (unpaired) electrons. The Labute approximate surface area is 104 Å². The molecule has 18 heavy (non-hydrogen) atoms. The molecule has 1 fully saturated rings. The van der Waals surface area contributed by atoms with Crippen molar-refractivity contribution in [2.75, 3.05) is 19.6 Å². The Balaban J connectivity index is 2.29. The fraction of sp³-hybridized carbons (Fsp3) is 0.300. The zero-order valence-electron chi connectivity index (χ0n) is 9.33. The lowest BCUT2D eigenvalue weighted by Gasteiger charge is -2.25. The van der Waals surface area contributed by atoms with E-state index in [1.165, 1.54) is 12.1 Å². The fourth-order valence-corrected chi connectivity index (χ4v) is 2.91. The average molecular weight is 266 g/mol. The van der Waals surface area contributed by atoms with Gasteiger partial charge in [-0.05, 0) is 12.1 Å². The zero-order valence-corrected chi connectivity index (χ0v) is 10.1. The molecule has 0 atom stereocenters. The van der Waals surface area contributed by atoms with Crippen molar-refractivity contribution in [1.82, 2.24) is 14.6 Å². The summed E-state index contributed by atoms with van der Waals surface area (Å²) >= 11 is 0. The summed E-state index contributed by atoms with van der Waals surface area (Å²) in [6.45, 7) is 0.332. The summed E-state index contributed by atoms with van der Waals surface area (Å²) in [4.78, 5) is 14.9. The van der Waals surface area contributed by atoms with Gasteiger partial charge in [0, 0.05) is 19.3 Å². The second kappa shape index (κ2) is 4.72. The number of nitriles is 1. The molecule has 0 aliphatic carbocycles. The quantitative estimate of drug-likeness (QED) is 0.745. The van der Waals surface area contributed by atoms with Crippen LogP contribution in [0.3, 0.4) is 0 Å². The number of hydrogen-bond acceptors (Lipinski definition) is 5. The maximum atomic E-state index is 12.2. The number of piperazine rings is 1. The van der Waals surface area contributed by atoms with Gasteiger partial charge in [0.15, 0.2) is 0 Å². The molecule has 2 heterocycles. The van der Waals surface area contributed by atoms with Crippen molar-refractivity contribution in [3.8, 4) is 6.07 Å². The smallest absolute Gasteiger partial charge is 0.245 e. The highest BCUT2D eigenvalue weighted by atomic mass is 32.2. The lowest BCUT2D eigenvalue weighted by Crippen LogP contribution is -2.49. The van der Waals surface area contributed by atoms with E-state index in [9.17, 15) is 13.2 Å². The van der Waals surface area contributed by atoms with E-state index in [0.29, 0.717) is 6.54 Å². The lowest BCUT2D eigenvalue weighted by molar-refractivity contribution is -0.122. The molecule has 0 unspecified atom stereocenters. The predicted octanol–water partition coefficient (Wildman–Crippen LogP) is -0.926. The summed E-state index contributed by atoms with van der Waals surface area (Å²) in [5, 5.41) is 11.1. The molecule has 1 amide bonds. The second-order valence-corrected chi connectivity index (χ2v) is 5.62. The SMILES string of the molecule is N#Cc1ccc(S(=O)(=O)N2CCNC(=O)C2)cn1. The molecular weight excluding hydrogens is 256 g/mol. The first-order valence-corrected chi connectivity index (χ1v) is 6.61. The van der Waals surface area contributed by atoms with Crippen molar-refractivity contribution in [3.05, 3.63) is 24.0 Å². The van der Waals surface area contributed by atoms with Crippen molar-refractivity contribution in [3.63, 3.8) is 0 Å². The molecule has 0 aromatic carbocycles. The van der Waals surface area contributed by atoms with Crippen molar-refractivity contribution < 1.29 is 13.2 Å². The van der Waals surface area contributed by atoms with E-state index in [1.54, 1.807) is 0 Å². The van der Waals surface area contributed by atoms with E-state index in [1.807, 2.05) is 6.07 Å². The first-order chi connectivity index (χ1) is 8.54. The van der Waals surface area contributed by atoms with Gasteiger partial charge in [0.05, 0.1) is 6.54 Å². The summed E-state index contributed by atoms with van der Waals surface area (Å²) in [7, 11) is -3.72. The normalized spacial score (nSPS) is 16.9. The average Bonchev–Trinajstić information content (AvgIpc) is 2.39. The number of amides is 1. The third-order valence-corrected chi connectivity index (χ3v) is 4.32. The highest BCUT2D eigenvalue weighted by Gasteiger charge is 2.29. The Morgan fingerprint density at radius 1 is 1.44 bits per heavy atom. The molecule has 7 nitrogen and oxygen atoms in total. The van der Waals surface area contributed by atoms with Crippen LogP contribution in [0.25, 0.3) is 0 Å². The van der Waals surface area contributed by atoms with Gasteiger partial charge >= 0.3 is 0 Å². The topological polar surface area (TPSA) is 103 Å². The van der Waals surface area contributed by atoms with Crippen LogP contribution in [0.15, 0.2) is 23.2 Å². The molecule has 2 rings (SSSR count). The molecule has 1 N–H and O–H groups in total. The largest absolute Gasteiger partial charge is 0.354 e. The van der Waals surface area contributed by atoms with E-state index in [-0.39, 0.29) is 29.6 Å². The van der Waals surface area contributed by atoms with Gasteiger partial charge in [0.2, 0.25) is 15.9 Å². The molecule has 8 heteroatoms. The Bertz CT molecular complexity index is 603. The van der Waals surface area contributed by atoms with Crippen LogP contribution in [-0.2, 0) is 14.8 Å². The van der Waals surface area contributed by atoms with Crippen LogP contribution in [0.5, 0.6) is 0 Å². The number of sulfonamides is 1. The van der Waals surface area contributed by atoms with Gasteiger partial charge in [-0.25, -0.2) is 13.4 Å². The van der Waals surface area contributed by atoms with Gasteiger partial charge in [0.1, 0.15) is 16.7 Å². The van der Waals surface area contributed by atoms with E-state index in [4.69, 9.17) is 5.26 Å². The monoisotopic (exact) mass is 266 g/mol. The highest BCUT2D eigenvalue weighted by molar-refractivity contribution is 7.89. The molecule has 1 aromatic heterocycles. The van der Waals surface area contributed by atoms with Gasteiger partial charge < -0.3 is 5.32 Å². The predicted molar refractivity (Wildman–Crippen MR) is 60.7 cm³/mol. The van der Waals surface area contributed by atoms with Crippen LogP contribution in [0.1, 0.15) is 5.69 Å². The van der Waals surface area contributed by atoms with Crippen LogP contribution in [0.2, 0.25) is 0 Å². The maximum Gasteiger partial charge on any atom is 0.245 e. The van der Waals surface area contributed by atoms with Crippen LogP contribution in [-0.4, -0.2) is 43.2 Å². The number of carbonyl (C=O) groups is 1. The first kappa shape index (κ1) is 12.5. The number of nitrogens with zero attached hydrogens (tertiary/aromatic N) is 3. The minimum absolute atomic E-state index is 0.0174. The minimum Gasteiger partial charge on any atom is -0.354 e. The molecule has 1 aliphatic rings. The summed E-state index contributed by atoms with van der Waals surface area (Å²) in [6, 6.07) is 4.45. The van der Waals surface area contributed by atoms with Crippen LogP contribution in [0, 0.1) is 11.3 Å². The van der Waals surface area contributed by atoms with Gasteiger partial charge in [-0.3, -0.25) is 4.79 Å². The van der Waals surface area contributed by atoms with Gasteiger partial charge in [-0.15, -0.1) is 0 Å². The molecular formula is C10H10N4O3S. The number of pyridine rings is 1. The second-order valence-electron chi connectivity index (χ2n) is 3.68. The van der Waals surface area contributed by atoms with Crippen molar-refractivity contribution in [2.45, 2.75) is 4.90 Å². The van der Waals surface area contributed by atoms with Crippen LogP contribution in [0.4, 0.5) is 0 Å². The third kappa shape index (κ3) is 2.32. The summed E-state index contributed by atoms with van der Waals surface area (Å²) in [6.07, 6.45) is 1.13. The molecule has 0 bridgehead atoms. The van der Waals surface area contributed by atoms with Crippen molar-refractivity contribution >= 4 is 15.9 Å². The molecule has 1 aliphatic heterocycles. The Kier molecular flexibility index (Phi) is 3.27. The van der Waals surface area contributed by atoms with E-state index in [2.05, 4.69) is 10.3 Å². The zero-order chi connectivity index (χ0) is 13.2. The molecule has 0 saturated carbocycles. The van der Waals surface area contributed by atoms with E-state index >= 15 is 0 Å². The molecule has 1 aromatic rings.